The van der Waals surface area contributed by atoms with Crippen molar-refractivity contribution in [3.05, 3.63) is 44.6 Å². The third-order valence-electron chi connectivity index (χ3n) is 2.81. The third-order valence-corrected chi connectivity index (χ3v) is 2.81. The minimum Gasteiger partial charge on any atom is -0.289 e. The molecule has 0 aromatic heterocycles. The van der Waals surface area contributed by atoms with E-state index in [-0.39, 0.29) is 5.43 Å². The summed E-state index contributed by atoms with van der Waals surface area (Å²) in [5, 5.41) is 0. The molecular formula is C13H14O. The largest absolute Gasteiger partial charge is 0.289 e. The Kier molecular flexibility index (Phi) is 1.84. The fourth-order valence-electron chi connectivity index (χ4n) is 2.13. The zero-order valence-corrected chi connectivity index (χ0v) is 9.06. The molecule has 2 rings (SSSR count). The van der Waals surface area contributed by atoms with Gasteiger partial charge in [0.15, 0.2) is 5.43 Å². The van der Waals surface area contributed by atoms with Gasteiger partial charge in [-0.25, -0.2) is 0 Å². The maximum Gasteiger partial charge on any atom is 0.190 e. The van der Waals surface area contributed by atoms with Gasteiger partial charge in [0, 0.05) is 11.1 Å². The van der Waals surface area contributed by atoms with Gasteiger partial charge in [0.2, 0.25) is 0 Å². The van der Waals surface area contributed by atoms with Crippen LogP contribution < -0.4 is 5.43 Å². The van der Waals surface area contributed by atoms with Crippen molar-refractivity contribution in [2.75, 3.05) is 0 Å². The van der Waals surface area contributed by atoms with E-state index in [1.54, 1.807) is 0 Å². The number of rotatable bonds is 1. The molecule has 0 saturated carbocycles. The molecule has 0 bridgehead atoms. The third kappa shape index (κ3) is 1.20. The van der Waals surface area contributed by atoms with E-state index >= 15 is 0 Å². The number of hydrogen-bond donors (Lipinski definition) is 0. The van der Waals surface area contributed by atoms with Gasteiger partial charge in [-0.3, -0.25) is 4.79 Å². The van der Waals surface area contributed by atoms with E-state index in [1.165, 1.54) is 16.7 Å². The summed E-state index contributed by atoms with van der Waals surface area (Å²) in [5.41, 5.74) is 6.94. The van der Waals surface area contributed by atoms with E-state index in [1.807, 2.05) is 6.92 Å². The van der Waals surface area contributed by atoms with Gasteiger partial charge in [-0.15, -0.1) is 0 Å². The Hall–Kier alpha value is -1.37. The average Bonchev–Trinajstić information content (AvgIpc) is 2.60. The molecule has 0 atom stereocenters. The molecule has 1 heteroatoms. The maximum absolute atomic E-state index is 11.3. The van der Waals surface area contributed by atoms with Crippen molar-refractivity contribution >= 4 is 0 Å². The van der Waals surface area contributed by atoms with Crippen molar-refractivity contribution in [2.45, 2.75) is 27.7 Å². The van der Waals surface area contributed by atoms with E-state index in [9.17, 15) is 4.79 Å². The Labute approximate surface area is 84.1 Å². The van der Waals surface area contributed by atoms with Crippen LogP contribution in [0.2, 0.25) is 0 Å². The van der Waals surface area contributed by atoms with Crippen LogP contribution in [0.25, 0.3) is 11.1 Å². The molecule has 14 heavy (non-hydrogen) atoms. The first-order valence-corrected chi connectivity index (χ1v) is 4.86. The number of benzene rings is 1. The molecule has 2 aromatic carbocycles. The summed E-state index contributed by atoms with van der Waals surface area (Å²) >= 11 is 0. The van der Waals surface area contributed by atoms with Crippen molar-refractivity contribution < 1.29 is 0 Å². The van der Waals surface area contributed by atoms with E-state index in [0.29, 0.717) is 0 Å². The Morgan fingerprint density at radius 3 is 1.64 bits per heavy atom. The van der Waals surface area contributed by atoms with Crippen LogP contribution in [0.5, 0.6) is 0 Å². The molecule has 0 radical (unpaired) electrons. The average molecular weight is 186 g/mol. The Bertz CT molecular complexity index is 488. The topological polar surface area (TPSA) is 17.1 Å². The van der Waals surface area contributed by atoms with Crippen LogP contribution in [0.4, 0.5) is 0 Å². The lowest BCUT2D eigenvalue weighted by atomic mass is 9.98. The molecule has 1 nitrogen and oxygen atoms in total. The molecule has 0 aliphatic carbocycles. The number of hydrogen-bond acceptors (Lipinski definition) is 1. The lowest BCUT2D eigenvalue weighted by Gasteiger charge is -2.06. The summed E-state index contributed by atoms with van der Waals surface area (Å²) < 4.78 is 0. The van der Waals surface area contributed by atoms with Gasteiger partial charge in [-0.1, -0.05) is 17.7 Å². The molecule has 0 aliphatic heterocycles. The van der Waals surface area contributed by atoms with Crippen molar-refractivity contribution in [3.63, 3.8) is 0 Å². The molecule has 0 saturated heterocycles. The fourth-order valence-corrected chi connectivity index (χ4v) is 2.13. The van der Waals surface area contributed by atoms with Crippen LogP contribution in [0.3, 0.4) is 0 Å². The van der Waals surface area contributed by atoms with E-state index in [4.69, 9.17) is 0 Å². The molecule has 0 amide bonds. The van der Waals surface area contributed by atoms with Gasteiger partial charge in [-0.05, 0) is 44.4 Å². The smallest absolute Gasteiger partial charge is 0.190 e. The van der Waals surface area contributed by atoms with Crippen LogP contribution in [0.1, 0.15) is 22.3 Å². The first-order chi connectivity index (χ1) is 6.52. The lowest BCUT2D eigenvalue weighted by molar-refractivity contribution is 1.33. The van der Waals surface area contributed by atoms with Crippen LogP contribution in [-0.4, -0.2) is 0 Å². The van der Waals surface area contributed by atoms with Crippen molar-refractivity contribution in [1.29, 1.82) is 0 Å². The summed E-state index contributed by atoms with van der Waals surface area (Å²) in [5.74, 6) is 0. The zero-order valence-electron chi connectivity index (χ0n) is 9.06. The van der Waals surface area contributed by atoms with Gasteiger partial charge in [-0.2, -0.15) is 0 Å². The standard InChI is InChI=1S/C13H14O/c1-7-5-8(2)11(9(3)6-7)12-10(4)13(12)14/h5-6H,1-4H3. The molecular weight excluding hydrogens is 172 g/mol. The highest BCUT2D eigenvalue weighted by atomic mass is 16.1. The first-order valence-electron chi connectivity index (χ1n) is 4.86. The second-order valence-electron chi connectivity index (χ2n) is 4.10. The van der Waals surface area contributed by atoms with Crippen molar-refractivity contribution in [3.8, 4) is 11.1 Å². The van der Waals surface area contributed by atoms with Crippen LogP contribution in [-0.2, 0) is 0 Å². The highest BCUT2D eigenvalue weighted by molar-refractivity contribution is 5.80. The highest BCUT2D eigenvalue weighted by Crippen LogP contribution is 2.31. The monoisotopic (exact) mass is 186 g/mol. The van der Waals surface area contributed by atoms with Crippen LogP contribution in [0.15, 0.2) is 16.9 Å². The summed E-state index contributed by atoms with van der Waals surface area (Å²) in [6, 6.07) is 4.27. The van der Waals surface area contributed by atoms with Gasteiger partial charge in [0.1, 0.15) is 0 Å². The van der Waals surface area contributed by atoms with Gasteiger partial charge < -0.3 is 0 Å². The summed E-state index contributed by atoms with van der Waals surface area (Å²) in [4.78, 5) is 11.3. The maximum atomic E-state index is 11.3. The lowest BCUT2D eigenvalue weighted by Crippen LogP contribution is -1.88. The second-order valence-corrected chi connectivity index (χ2v) is 4.10. The molecule has 0 heterocycles. The summed E-state index contributed by atoms with van der Waals surface area (Å²) in [7, 11) is 0. The molecule has 0 aliphatic rings. The predicted octanol–water partition coefficient (Wildman–Crippen LogP) is 2.82. The SMILES string of the molecule is Cc1cc(C)c(-c2c(C)c2=O)c(C)c1. The van der Waals surface area contributed by atoms with Gasteiger partial charge in [0.25, 0.3) is 0 Å². The number of aryl methyl sites for hydroxylation is 3. The Morgan fingerprint density at radius 2 is 1.29 bits per heavy atom. The zero-order chi connectivity index (χ0) is 10.5. The summed E-state index contributed by atoms with van der Waals surface area (Å²) in [6.45, 7) is 8.12. The quantitative estimate of drug-likeness (QED) is 0.669. The normalized spacial score (nSPS) is 11.1. The van der Waals surface area contributed by atoms with Gasteiger partial charge in [0.05, 0.1) is 0 Å². The second kappa shape index (κ2) is 2.81. The minimum atomic E-state index is 0.236. The molecule has 72 valence electrons. The molecule has 0 N–H and O–H groups in total. The van der Waals surface area contributed by atoms with Crippen LogP contribution >= 0.6 is 0 Å². The molecule has 2 aromatic rings. The summed E-state index contributed by atoms with van der Waals surface area (Å²) in [6.07, 6.45) is 0. The fraction of sp³-hybridized carbons (Fsp3) is 0.308. The highest BCUT2D eigenvalue weighted by Gasteiger charge is 2.22. The van der Waals surface area contributed by atoms with Crippen LogP contribution in [0, 0.1) is 27.7 Å². The van der Waals surface area contributed by atoms with Crippen molar-refractivity contribution in [1.82, 2.24) is 0 Å². The molecule has 0 unspecified atom stereocenters. The Morgan fingerprint density at radius 1 is 0.857 bits per heavy atom. The molecule has 0 spiro atoms. The van der Waals surface area contributed by atoms with E-state index < -0.39 is 0 Å². The van der Waals surface area contributed by atoms with Gasteiger partial charge >= 0.3 is 0 Å². The molecule has 0 fully saturated rings. The minimum absolute atomic E-state index is 0.236. The Balaban J connectivity index is 2.66. The van der Waals surface area contributed by atoms with E-state index in [0.717, 1.165) is 16.7 Å². The predicted molar refractivity (Wildman–Crippen MR) is 59.5 cm³/mol. The first kappa shape index (κ1) is 9.20. The van der Waals surface area contributed by atoms with Crippen molar-refractivity contribution in [2.24, 2.45) is 0 Å². The van der Waals surface area contributed by atoms with E-state index in [2.05, 4.69) is 32.9 Å².